The van der Waals surface area contributed by atoms with Crippen LogP contribution in [-0.2, 0) is 16.1 Å². The van der Waals surface area contributed by atoms with Crippen molar-refractivity contribution >= 4 is 17.7 Å². The van der Waals surface area contributed by atoms with Crippen molar-refractivity contribution in [2.75, 3.05) is 0 Å². The number of imide groups is 1. The molecule has 1 N–H and O–H groups in total. The molecule has 5 heteroatoms. The first-order valence-corrected chi connectivity index (χ1v) is 7.01. The summed E-state index contributed by atoms with van der Waals surface area (Å²) in [5, 5.41) is 2.88. The Balaban J connectivity index is 2.04. The zero-order chi connectivity index (χ0) is 15.6. The van der Waals surface area contributed by atoms with Crippen molar-refractivity contribution in [1.82, 2.24) is 10.2 Å². The van der Waals surface area contributed by atoms with Crippen LogP contribution in [0, 0.1) is 0 Å². The molecule has 0 atom stereocenters. The van der Waals surface area contributed by atoms with E-state index in [1.807, 2.05) is 20.8 Å². The number of likely N-dealkylation sites (tertiary alicyclic amines) is 1. The SMILES string of the molecule is CC(C)(C)NC(=O)c1ccc(CN2C(=O)CCC2=O)cc1. The average Bonchev–Trinajstić information content (AvgIpc) is 2.69. The number of nitrogens with one attached hydrogen (secondary N) is 1. The first-order valence-electron chi connectivity index (χ1n) is 7.01. The second-order valence-corrected chi connectivity index (χ2v) is 6.27. The van der Waals surface area contributed by atoms with Crippen molar-refractivity contribution < 1.29 is 14.4 Å². The van der Waals surface area contributed by atoms with Crippen LogP contribution in [0.3, 0.4) is 0 Å². The van der Waals surface area contributed by atoms with Crippen molar-refractivity contribution in [3.05, 3.63) is 35.4 Å². The van der Waals surface area contributed by atoms with Crippen LogP contribution in [0.25, 0.3) is 0 Å². The molecule has 21 heavy (non-hydrogen) atoms. The molecule has 112 valence electrons. The van der Waals surface area contributed by atoms with Crippen LogP contribution in [0.5, 0.6) is 0 Å². The molecule has 1 aliphatic rings. The third kappa shape index (κ3) is 3.90. The fourth-order valence-corrected chi connectivity index (χ4v) is 2.16. The number of rotatable bonds is 3. The average molecular weight is 288 g/mol. The Morgan fingerprint density at radius 1 is 1.10 bits per heavy atom. The summed E-state index contributed by atoms with van der Waals surface area (Å²) in [5.41, 5.74) is 1.11. The van der Waals surface area contributed by atoms with Gasteiger partial charge in [0.25, 0.3) is 5.91 Å². The Morgan fingerprint density at radius 3 is 2.10 bits per heavy atom. The highest BCUT2D eigenvalue weighted by Gasteiger charge is 2.28. The van der Waals surface area contributed by atoms with Crippen LogP contribution in [-0.4, -0.2) is 28.2 Å². The molecule has 1 aromatic carbocycles. The highest BCUT2D eigenvalue weighted by molar-refractivity contribution is 6.01. The van der Waals surface area contributed by atoms with E-state index in [4.69, 9.17) is 0 Å². The molecule has 1 heterocycles. The molecule has 0 aliphatic carbocycles. The number of nitrogens with zero attached hydrogens (tertiary/aromatic N) is 1. The van der Waals surface area contributed by atoms with Gasteiger partial charge in [-0.2, -0.15) is 0 Å². The largest absolute Gasteiger partial charge is 0.347 e. The van der Waals surface area contributed by atoms with E-state index in [0.717, 1.165) is 5.56 Å². The van der Waals surface area contributed by atoms with Crippen LogP contribution in [0.1, 0.15) is 49.5 Å². The van der Waals surface area contributed by atoms with E-state index < -0.39 is 0 Å². The molecule has 0 bridgehead atoms. The van der Waals surface area contributed by atoms with Crippen LogP contribution in [0.15, 0.2) is 24.3 Å². The Morgan fingerprint density at radius 2 is 1.62 bits per heavy atom. The third-order valence-corrected chi connectivity index (χ3v) is 3.20. The highest BCUT2D eigenvalue weighted by Crippen LogP contribution is 2.16. The fraction of sp³-hybridized carbons (Fsp3) is 0.438. The molecule has 3 amide bonds. The van der Waals surface area contributed by atoms with Gasteiger partial charge in [0.1, 0.15) is 0 Å². The van der Waals surface area contributed by atoms with Crippen molar-refractivity contribution in [3.8, 4) is 0 Å². The normalized spacial score (nSPS) is 15.5. The molecule has 1 saturated heterocycles. The maximum absolute atomic E-state index is 12.0. The minimum absolute atomic E-state index is 0.130. The van der Waals surface area contributed by atoms with Gasteiger partial charge in [0.2, 0.25) is 11.8 Å². The molecule has 1 aromatic rings. The number of carbonyl (C=O) groups is 3. The molecule has 0 aromatic heterocycles. The molecule has 0 spiro atoms. The summed E-state index contributed by atoms with van der Waals surface area (Å²) < 4.78 is 0. The third-order valence-electron chi connectivity index (χ3n) is 3.20. The van der Waals surface area contributed by atoms with Crippen molar-refractivity contribution in [1.29, 1.82) is 0 Å². The molecular formula is C16H20N2O3. The Kier molecular flexibility index (Phi) is 4.11. The van der Waals surface area contributed by atoms with Crippen LogP contribution in [0.2, 0.25) is 0 Å². The maximum atomic E-state index is 12.0. The number of benzene rings is 1. The highest BCUT2D eigenvalue weighted by atomic mass is 16.2. The van der Waals surface area contributed by atoms with Crippen LogP contribution >= 0.6 is 0 Å². The lowest BCUT2D eigenvalue weighted by molar-refractivity contribution is -0.139. The van der Waals surface area contributed by atoms with Gasteiger partial charge in [0.15, 0.2) is 0 Å². The van der Waals surface area contributed by atoms with Crippen molar-refractivity contribution in [2.45, 2.75) is 45.7 Å². The number of amides is 3. The van der Waals surface area contributed by atoms with Gasteiger partial charge in [-0.05, 0) is 38.5 Å². The first-order chi connectivity index (χ1) is 9.76. The number of hydrogen-bond acceptors (Lipinski definition) is 3. The van der Waals surface area contributed by atoms with Gasteiger partial charge in [0, 0.05) is 23.9 Å². The Bertz CT molecular complexity index is 554. The van der Waals surface area contributed by atoms with E-state index in [-0.39, 0.29) is 29.8 Å². The Hall–Kier alpha value is -2.17. The molecule has 1 aliphatic heterocycles. The van der Waals surface area contributed by atoms with Gasteiger partial charge in [-0.1, -0.05) is 12.1 Å². The summed E-state index contributed by atoms with van der Waals surface area (Å²) in [4.78, 5) is 36.4. The molecular weight excluding hydrogens is 268 g/mol. The van der Waals surface area contributed by atoms with Crippen molar-refractivity contribution in [2.24, 2.45) is 0 Å². The topological polar surface area (TPSA) is 66.5 Å². The van der Waals surface area contributed by atoms with Crippen LogP contribution < -0.4 is 5.32 Å². The monoisotopic (exact) mass is 288 g/mol. The lowest BCUT2D eigenvalue weighted by Crippen LogP contribution is -2.40. The minimum atomic E-state index is -0.288. The van der Waals surface area contributed by atoms with Crippen LogP contribution in [0.4, 0.5) is 0 Å². The summed E-state index contributed by atoms with van der Waals surface area (Å²) in [5.74, 6) is -0.397. The summed E-state index contributed by atoms with van der Waals surface area (Å²) in [6.45, 7) is 6.04. The quantitative estimate of drug-likeness (QED) is 0.863. The predicted octanol–water partition coefficient (Wildman–Crippen LogP) is 1.86. The summed E-state index contributed by atoms with van der Waals surface area (Å²) >= 11 is 0. The molecule has 0 radical (unpaired) electrons. The number of hydrogen-bond donors (Lipinski definition) is 1. The standard InChI is InChI=1S/C16H20N2O3/c1-16(2,3)17-15(21)12-6-4-11(5-7-12)10-18-13(19)8-9-14(18)20/h4-7H,8-10H2,1-3H3,(H,17,21). The van der Waals surface area contributed by atoms with Gasteiger partial charge in [0.05, 0.1) is 6.54 Å². The second-order valence-electron chi connectivity index (χ2n) is 6.27. The zero-order valence-corrected chi connectivity index (χ0v) is 12.6. The Labute approximate surface area is 124 Å². The smallest absolute Gasteiger partial charge is 0.251 e. The van der Waals surface area contributed by atoms with E-state index in [2.05, 4.69) is 5.32 Å². The number of carbonyl (C=O) groups excluding carboxylic acids is 3. The van der Waals surface area contributed by atoms with Gasteiger partial charge < -0.3 is 5.32 Å². The summed E-state index contributed by atoms with van der Waals surface area (Å²) in [7, 11) is 0. The minimum Gasteiger partial charge on any atom is -0.347 e. The van der Waals surface area contributed by atoms with E-state index in [1.54, 1.807) is 24.3 Å². The lowest BCUT2D eigenvalue weighted by atomic mass is 10.1. The molecule has 2 rings (SSSR count). The first kappa shape index (κ1) is 15.2. The van der Waals surface area contributed by atoms with E-state index in [9.17, 15) is 14.4 Å². The molecule has 0 saturated carbocycles. The van der Waals surface area contributed by atoms with Gasteiger partial charge in [-0.3, -0.25) is 19.3 Å². The molecule has 0 unspecified atom stereocenters. The van der Waals surface area contributed by atoms with Crippen molar-refractivity contribution in [3.63, 3.8) is 0 Å². The summed E-state index contributed by atoms with van der Waals surface area (Å²) in [6, 6.07) is 6.97. The van der Waals surface area contributed by atoms with E-state index in [1.165, 1.54) is 4.90 Å². The van der Waals surface area contributed by atoms with E-state index >= 15 is 0 Å². The molecule has 1 fully saturated rings. The molecule has 5 nitrogen and oxygen atoms in total. The zero-order valence-electron chi connectivity index (χ0n) is 12.6. The lowest BCUT2D eigenvalue weighted by Gasteiger charge is -2.20. The van der Waals surface area contributed by atoms with E-state index in [0.29, 0.717) is 18.4 Å². The second kappa shape index (κ2) is 5.68. The van der Waals surface area contributed by atoms with Gasteiger partial charge in [-0.25, -0.2) is 0 Å². The summed E-state index contributed by atoms with van der Waals surface area (Å²) in [6.07, 6.45) is 0.593. The van der Waals surface area contributed by atoms with Gasteiger partial charge >= 0.3 is 0 Å². The predicted molar refractivity (Wildman–Crippen MR) is 78.5 cm³/mol. The fourth-order valence-electron chi connectivity index (χ4n) is 2.16. The maximum Gasteiger partial charge on any atom is 0.251 e. The van der Waals surface area contributed by atoms with Gasteiger partial charge in [-0.15, -0.1) is 0 Å².